The molecular weight excluding hydrogens is 614 g/mol. The third kappa shape index (κ3) is 6.10. The van der Waals surface area contributed by atoms with Crippen LogP contribution in [-0.2, 0) is 22.1 Å². The van der Waals surface area contributed by atoms with E-state index in [9.17, 15) is 14.7 Å². The smallest absolute Gasteiger partial charge is 0.332 e. The van der Waals surface area contributed by atoms with Crippen molar-refractivity contribution < 1.29 is 24.1 Å². The van der Waals surface area contributed by atoms with Gasteiger partial charge in [-0.2, -0.15) is 4.98 Å². The van der Waals surface area contributed by atoms with Crippen LogP contribution in [0.15, 0.2) is 88.5 Å². The van der Waals surface area contributed by atoms with Crippen LogP contribution in [0, 0.1) is 5.92 Å². The Hall–Kier alpha value is -4.91. The minimum absolute atomic E-state index is 0.0284. The van der Waals surface area contributed by atoms with E-state index in [1.807, 2.05) is 92.7 Å². The zero-order chi connectivity index (χ0) is 34.0. The number of aliphatic hydroxyl groups is 1. The van der Waals surface area contributed by atoms with E-state index in [1.165, 1.54) is 16.2 Å². The number of methoxy groups -OCH3 is 2. The lowest BCUT2D eigenvalue weighted by molar-refractivity contribution is -0.0936. The van der Waals surface area contributed by atoms with Crippen LogP contribution in [0.3, 0.4) is 0 Å². The van der Waals surface area contributed by atoms with Crippen molar-refractivity contribution in [2.24, 2.45) is 13.0 Å². The van der Waals surface area contributed by atoms with Crippen LogP contribution in [0.4, 0.5) is 5.95 Å². The van der Waals surface area contributed by atoms with Gasteiger partial charge in [-0.15, -0.1) is 0 Å². The van der Waals surface area contributed by atoms with Crippen LogP contribution in [0.2, 0.25) is 0 Å². The molecule has 5 aromatic rings. The largest absolute Gasteiger partial charge is 0.497 e. The van der Waals surface area contributed by atoms with Gasteiger partial charge < -0.3 is 29.4 Å². The molecule has 1 aliphatic heterocycles. The van der Waals surface area contributed by atoms with Crippen LogP contribution in [-0.4, -0.2) is 63.8 Å². The lowest BCUT2D eigenvalue weighted by Crippen LogP contribution is -2.38. The second kappa shape index (κ2) is 13.7. The van der Waals surface area contributed by atoms with Crippen molar-refractivity contribution in [3.8, 4) is 11.5 Å². The average Bonchev–Trinajstić information content (AvgIpc) is 3.59. The Balaban J connectivity index is 1.37. The van der Waals surface area contributed by atoms with E-state index in [4.69, 9.17) is 18.9 Å². The summed E-state index contributed by atoms with van der Waals surface area (Å²) >= 11 is 0. The maximum atomic E-state index is 13.5. The molecule has 1 saturated heterocycles. The molecule has 0 saturated carbocycles. The van der Waals surface area contributed by atoms with Crippen molar-refractivity contribution in [3.05, 3.63) is 116 Å². The number of nitrogens with one attached hydrogen (secondary N) is 2. The Labute approximate surface area is 277 Å². The summed E-state index contributed by atoms with van der Waals surface area (Å²) in [4.78, 5) is 33.8. The number of fused-ring (bicyclic) bond motifs is 1. The molecule has 1 aliphatic rings. The van der Waals surface area contributed by atoms with Crippen LogP contribution < -0.4 is 26.0 Å². The highest BCUT2D eigenvalue weighted by molar-refractivity contribution is 5.72. The van der Waals surface area contributed by atoms with Crippen molar-refractivity contribution in [1.29, 1.82) is 0 Å². The minimum Gasteiger partial charge on any atom is -0.497 e. The van der Waals surface area contributed by atoms with E-state index < -0.39 is 35.3 Å². The molecule has 252 valence electrons. The van der Waals surface area contributed by atoms with Gasteiger partial charge >= 0.3 is 5.69 Å². The fourth-order valence-corrected chi connectivity index (χ4v) is 6.22. The lowest BCUT2D eigenvalue weighted by atomic mass is 9.80. The second-order valence-corrected chi connectivity index (χ2v) is 12.3. The quantitative estimate of drug-likeness (QED) is 0.169. The summed E-state index contributed by atoms with van der Waals surface area (Å²) < 4.78 is 26.8. The summed E-state index contributed by atoms with van der Waals surface area (Å²) in [6.07, 6.45) is -2.57. The predicted molar refractivity (Wildman–Crippen MR) is 182 cm³/mol. The molecule has 12 nitrogen and oxygen atoms in total. The van der Waals surface area contributed by atoms with Gasteiger partial charge in [-0.1, -0.05) is 68.4 Å². The first-order valence-electron chi connectivity index (χ1n) is 15.9. The highest BCUT2D eigenvalue weighted by Gasteiger charge is 2.43. The van der Waals surface area contributed by atoms with E-state index in [2.05, 4.69) is 15.3 Å². The highest BCUT2D eigenvalue weighted by Crippen LogP contribution is 2.43. The SMILES string of the molecule is COc1ccc(C(OC[C@H]2O[C@@H](n3c(=O)n(C)c4c(=O)[nH]c(NCC(C)C)nc43)C[C@@H]2O)(c2ccccc2)c2ccc(OC)cc2)cc1. The molecule has 3 atom stereocenters. The topological polar surface area (TPSA) is 142 Å². The van der Waals surface area contributed by atoms with E-state index in [-0.39, 0.29) is 30.1 Å². The van der Waals surface area contributed by atoms with Crippen molar-refractivity contribution in [2.45, 2.75) is 44.3 Å². The van der Waals surface area contributed by atoms with Crippen molar-refractivity contribution in [2.75, 3.05) is 32.7 Å². The maximum absolute atomic E-state index is 13.5. The van der Waals surface area contributed by atoms with Gasteiger partial charge in [0.05, 0.1) is 26.9 Å². The molecule has 0 radical (unpaired) electrons. The molecule has 2 aromatic heterocycles. The first-order chi connectivity index (χ1) is 23.2. The summed E-state index contributed by atoms with van der Waals surface area (Å²) in [5.74, 6) is 1.95. The molecule has 1 fully saturated rings. The fraction of sp³-hybridized carbons (Fsp3) is 0.361. The fourth-order valence-electron chi connectivity index (χ4n) is 6.22. The number of nitrogens with zero attached hydrogens (tertiary/aromatic N) is 3. The lowest BCUT2D eigenvalue weighted by Gasteiger charge is -2.37. The van der Waals surface area contributed by atoms with Crippen molar-refractivity contribution in [1.82, 2.24) is 19.1 Å². The van der Waals surface area contributed by atoms with Gasteiger partial charge in [-0.05, 0) is 46.9 Å². The number of aliphatic hydroxyl groups excluding tert-OH is 1. The number of benzene rings is 3. The third-order valence-corrected chi connectivity index (χ3v) is 8.74. The van der Waals surface area contributed by atoms with E-state index in [0.717, 1.165) is 16.7 Å². The van der Waals surface area contributed by atoms with Gasteiger partial charge in [0.25, 0.3) is 5.56 Å². The number of aryl methyl sites for hydroxylation is 1. The normalized spacial score (nSPS) is 18.0. The maximum Gasteiger partial charge on any atom is 0.332 e. The zero-order valence-electron chi connectivity index (χ0n) is 27.7. The standard InChI is InChI=1S/C36H41N5O7/c1-22(2)20-37-34-38-32-31(33(43)39-34)40(3)35(44)41(32)30-19-28(42)29(48-30)21-47-36(23-9-7-6-8-10-23,24-11-15-26(45-4)16-12-24)25-13-17-27(46-5)18-14-25/h6-18,22,28-30,42H,19-21H2,1-5H3,(H2,37,38,39,43)/t28-,29+,30+/m0/s1. The molecule has 0 bridgehead atoms. The highest BCUT2D eigenvalue weighted by atomic mass is 16.6. The molecule has 0 amide bonds. The number of hydrogen-bond donors (Lipinski definition) is 3. The molecule has 3 N–H and O–H groups in total. The molecule has 0 aliphatic carbocycles. The number of ether oxygens (including phenoxy) is 4. The Morgan fingerprint density at radius 1 is 0.958 bits per heavy atom. The van der Waals surface area contributed by atoms with E-state index in [1.54, 1.807) is 14.2 Å². The summed E-state index contributed by atoms with van der Waals surface area (Å²) in [7, 11) is 4.75. The van der Waals surface area contributed by atoms with Crippen molar-refractivity contribution in [3.63, 3.8) is 0 Å². The number of aromatic nitrogens is 4. The Bertz CT molecular complexity index is 1920. The Kier molecular flexibility index (Phi) is 9.40. The number of aromatic amines is 1. The van der Waals surface area contributed by atoms with Crippen molar-refractivity contribution >= 4 is 17.1 Å². The number of hydrogen-bond acceptors (Lipinski definition) is 9. The summed E-state index contributed by atoms with van der Waals surface area (Å²) in [5.41, 5.74) is 0.773. The van der Waals surface area contributed by atoms with E-state index >= 15 is 0 Å². The van der Waals surface area contributed by atoms with E-state index in [0.29, 0.717) is 24.0 Å². The first-order valence-corrected chi connectivity index (χ1v) is 15.9. The molecular formula is C36H41N5O7. The number of anilines is 1. The summed E-state index contributed by atoms with van der Waals surface area (Å²) in [6.45, 7) is 4.62. The number of H-pyrrole nitrogens is 1. The monoisotopic (exact) mass is 655 g/mol. The zero-order valence-corrected chi connectivity index (χ0v) is 27.7. The summed E-state index contributed by atoms with van der Waals surface area (Å²) in [5, 5.41) is 14.5. The predicted octanol–water partition coefficient (Wildman–Crippen LogP) is 4.17. The molecule has 0 spiro atoms. The molecule has 12 heteroatoms. The molecule has 3 heterocycles. The van der Waals surface area contributed by atoms with Gasteiger partial charge in [0, 0.05) is 20.0 Å². The molecule has 6 rings (SSSR count). The number of imidazole rings is 1. The first kappa shape index (κ1) is 33.0. The van der Waals surface area contributed by atoms with Crippen LogP contribution in [0.1, 0.15) is 43.2 Å². The minimum atomic E-state index is -1.12. The van der Waals surface area contributed by atoms with Gasteiger partial charge in [-0.3, -0.25) is 14.3 Å². The Morgan fingerprint density at radius 3 is 2.10 bits per heavy atom. The van der Waals surface area contributed by atoms with Gasteiger partial charge in [0.1, 0.15) is 29.4 Å². The number of rotatable bonds is 12. The Morgan fingerprint density at radius 2 is 1.54 bits per heavy atom. The van der Waals surface area contributed by atoms with Crippen LogP contribution >= 0.6 is 0 Å². The van der Waals surface area contributed by atoms with Gasteiger partial charge in [0.15, 0.2) is 11.2 Å². The van der Waals surface area contributed by atoms with Gasteiger partial charge in [0.2, 0.25) is 5.95 Å². The van der Waals surface area contributed by atoms with Crippen LogP contribution in [0.25, 0.3) is 11.2 Å². The average molecular weight is 656 g/mol. The molecule has 3 aromatic carbocycles. The second-order valence-electron chi connectivity index (χ2n) is 12.3. The molecule has 48 heavy (non-hydrogen) atoms. The van der Waals surface area contributed by atoms with Crippen LogP contribution in [0.5, 0.6) is 11.5 Å². The van der Waals surface area contributed by atoms with Gasteiger partial charge in [-0.25, -0.2) is 9.36 Å². The third-order valence-electron chi connectivity index (χ3n) is 8.74. The molecule has 0 unspecified atom stereocenters. The summed E-state index contributed by atoms with van der Waals surface area (Å²) in [6, 6.07) is 25.1.